The molecular weight excluding hydrogens is 381 g/mol. The molecule has 0 spiro atoms. The van der Waals surface area contributed by atoms with Gasteiger partial charge < -0.3 is 20.4 Å². The molecule has 0 aliphatic rings. The summed E-state index contributed by atoms with van der Waals surface area (Å²) in [5.41, 5.74) is 5.25. The first-order valence-electron chi connectivity index (χ1n) is 11.1. The van der Waals surface area contributed by atoms with E-state index in [2.05, 4.69) is 6.92 Å². The van der Waals surface area contributed by atoms with Crippen molar-refractivity contribution in [2.24, 2.45) is 5.73 Å². The molecule has 164 valence electrons. The second kappa shape index (κ2) is 22.3. The number of Topliss-reactive ketones (excluding diaryl/α,β-unsaturated/α-hetero) is 1. The molecule has 6 nitrogen and oxygen atoms in total. The van der Waals surface area contributed by atoms with Crippen LogP contribution in [0.1, 0.15) is 110 Å². The van der Waals surface area contributed by atoms with Crippen LogP contribution in [0.3, 0.4) is 0 Å². The summed E-state index contributed by atoms with van der Waals surface area (Å²) in [6.07, 6.45) is 16.5. The summed E-state index contributed by atoms with van der Waals surface area (Å²) in [5, 5.41) is 10.4. The number of unbranched alkanes of at least 4 members (excludes halogenated alkanes) is 12. The van der Waals surface area contributed by atoms with Gasteiger partial charge in [0.15, 0.2) is 5.78 Å². The number of carbonyl (C=O) groups excluding carboxylic acids is 3. The van der Waals surface area contributed by atoms with Crippen LogP contribution in [-0.2, 0) is 19.1 Å². The van der Waals surface area contributed by atoms with Crippen molar-refractivity contribution in [1.82, 2.24) is 0 Å². The van der Waals surface area contributed by atoms with Gasteiger partial charge in [-0.2, -0.15) is 0 Å². The van der Waals surface area contributed by atoms with Crippen molar-refractivity contribution in [3.8, 4) is 0 Å². The second-order valence-electron chi connectivity index (χ2n) is 7.66. The van der Waals surface area contributed by atoms with Gasteiger partial charge in [0, 0.05) is 18.9 Å². The molecule has 0 saturated carbocycles. The van der Waals surface area contributed by atoms with Crippen molar-refractivity contribution in [2.45, 2.75) is 116 Å². The molecule has 0 aromatic rings. The molecule has 0 amide bonds. The Morgan fingerprint density at radius 3 is 1.69 bits per heavy atom. The number of carboxylic acid groups (broad SMARTS) is 1. The summed E-state index contributed by atoms with van der Waals surface area (Å²) < 4.78 is 4.84. The summed E-state index contributed by atoms with van der Waals surface area (Å²) in [6.45, 7) is 2.00. The van der Waals surface area contributed by atoms with Crippen molar-refractivity contribution in [3.05, 3.63) is 0 Å². The minimum atomic E-state index is -1.40. The Hall–Kier alpha value is -0.430. The fraction of sp³-hybridized carbons (Fsp3) is 0.864. The van der Waals surface area contributed by atoms with E-state index >= 15 is 0 Å². The summed E-state index contributed by atoms with van der Waals surface area (Å²) in [7, 11) is 0. The molecule has 0 aromatic carbocycles. The molecule has 0 bridgehead atoms. The van der Waals surface area contributed by atoms with Crippen LogP contribution in [0.5, 0.6) is 0 Å². The maximum absolute atomic E-state index is 11.7. The van der Waals surface area contributed by atoms with E-state index < -0.39 is 18.0 Å². The first-order chi connectivity index (χ1) is 13.5. The van der Waals surface area contributed by atoms with Gasteiger partial charge in [0.1, 0.15) is 6.61 Å². The van der Waals surface area contributed by atoms with E-state index in [4.69, 9.17) is 10.5 Å². The minimum absolute atomic E-state index is 0. The third-order valence-electron chi connectivity index (χ3n) is 4.92. The number of hydrogen-bond donors (Lipinski definition) is 1. The van der Waals surface area contributed by atoms with Crippen LogP contribution in [0, 0.1) is 0 Å². The molecule has 0 heterocycles. The minimum Gasteiger partial charge on any atom is -0.548 e. The number of ketones is 1. The second-order valence-corrected chi connectivity index (χ2v) is 7.66. The van der Waals surface area contributed by atoms with Crippen molar-refractivity contribution in [2.75, 3.05) is 6.61 Å². The molecule has 0 unspecified atom stereocenters. The molecule has 29 heavy (non-hydrogen) atoms. The van der Waals surface area contributed by atoms with Crippen molar-refractivity contribution >= 4 is 17.7 Å². The van der Waals surface area contributed by atoms with Gasteiger partial charge in [0.2, 0.25) is 0 Å². The third-order valence-corrected chi connectivity index (χ3v) is 4.92. The zero-order valence-corrected chi connectivity index (χ0v) is 20.7. The molecule has 0 radical (unpaired) electrons. The largest absolute Gasteiger partial charge is 1.00 e. The Bertz CT molecular complexity index is 431. The monoisotopic (exact) mass is 421 g/mol. The number of esters is 1. The molecule has 0 aromatic heterocycles. The van der Waals surface area contributed by atoms with Crippen molar-refractivity contribution in [3.63, 3.8) is 0 Å². The van der Waals surface area contributed by atoms with Gasteiger partial charge in [-0.05, 0) is 12.8 Å². The van der Waals surface area contributed by atoms with Crippen molar-refractivity contribution in [1.29, 1.82) is 0 Å². The maximum atomic E-state index is 11.7. The number of rotatable bonds is 20. The van der Waals surface area contributed by atoms with Crippen LogP contribution in [0.15, 0.2) is 0 Å². The molecule has 0 saturated heterocycles. The van der Waals surface area contributed by atoms with E-state index in [-0.39, 0.29) is 54.8 Å². The van der Waals surface area contributed by atoms with Crippen LogP contribution in [0.2, 0.25) is 0 Å². The number of carboxylic acids is 1. The quantitative estimate of drug-likeness (QED) is 0.174. The van der Waals surface area contributed by atoms with Gasteiger partial charge in [-0.15, -0.1) is 0 Å². The van der Waals surface area contributed by atoms with Gasteiger partial charge in [-0.1, -0.05) is 84.0 Å². The number of hydrogen-bond acceptors (Lipinski definition) is 6. The Morgan fingerprint density at radius 1 is 0.793 bits per heavy atom. The summed E-state index contributed by atoms with van der Waals surface area (Å²) in [5.74, 6) is -2.10. The molecular formula is C22H40NNaO5. The predicted molar refractivity (Wildman–Crippen MR) is 108 cm³/mol. The van der Waals surface area contributed by atoms with Crippen LogP contribution in [-0.4, -0.2) is 30.4 Å². The van der Waals surface area contributed by atoms with Crippen LogP contribution in [0.25, 0.3) is 0 Å². The standard InChI is InChI=1S/C22H41NO5.Na/c1-2-3-4-5-6-7-8-9-10-11-12-13-14-15-19(24)18-28-21(25)17-16-20(23)22(26)27;/h20H,2-18,23H2,1H3,(H,26,27);/q;+1/p-1/t20-;/m0./s1. The first-order valence-corrected chi connectivity index (χ1v) is 11.1. The van der Waals surface area contributed by atoms with E-state index in [1.807, 2.05) is 0 Å². The Morgan fingerprint density at radius 2 is 1.24 bits per heavy atom. The Balaban J connectivity index is 0. The van der Waals surface area contributed by atoms with E-state index in [1.54, 1.807) is 0 Å². The molecule has 1 atom stereocenters. The first kappa shape index (κ1) is 30.8. The topological polar surface area (TPSA) is 110 Å². The van der Waals surface area contributed by atoms with E-state index in [0.29, 0.717) is 6.42 Å². The number of aliphatic carboxylic acids is 1. The van der Waals surface area contributed by atoms with Crippen LogP contribution in [0.4, 0.5) is 0 Å². The normalized spacial score (nSPS) is 11.5. The van der Waals surface area contributed by atoms with Crippen LogP contribution >= 0.6 is 0 Å². The summed E-state index contributed by atoms with van der Waals surface area (Å²) in [4.78, 5) is 33.5. The fourth-order valence-electron chi connectivity index (χ4n) is 3.04. The molecule has 7 heteroatoms. The van der Waals surface area contributed by atoms with E-state index in [1.165, 1.54) is 64.2 Å². The number of ether oxygens (including phenoxy) is 1. The summed E-state index contributed by atoms with van der Waals surface area (Å²) >= 11 is 0. The fourth-order valence-corrected chi connectivity index (χ4v) is 3.04. The number of nitrogens with two attached hydrogens (primary N) is 1. The van der Waals surface area contributed by atoms with Crippen molar-refractivity contribution < 1.29 is 53.8 Å². The molecule has 0 aliphatic heterocycles. The zero-order valence-electron chi connectivity index (χ0n) is 18.7. The summed E-state index contributed by atoms with van der Waals surface area (Å²) in [6, 6.07) is -1.19. The maximum Gasteiger partial charge on any atom is 1.00 e. The van der Waals surface area contributed by atoms with Gasteiger partial charge in [-0.25, -0.2) is 0 Å². The molecule has 0 fully saturated rings. The average molecular weight is 422 g/mol. The smallest absolute Gasteiger partial charge is 0.548 e. The number of carbonyl (C=O) groups is 3. The van der Waals surface area contributed by atoms with E-state index in [9.17, 15) is 19.5 Å². The Kier molecular flexibility index (Phi) is 23.6. The zero-order chi connectivity index (χ0) is 21.0. The third kappa shape index (κ3) is 22.1. The van der Waals surface area contributed by atoms with E-state index in [0.717, 1.165) is 19.3 Å². The molecule has 2 N–H and O–H groups in total. The van der Waals surface area contributed by atoms with Gasteiger partial charge in [0.05, 0.1) is 5.97 Å². The van der Waals surface area contributed by atoms with Gasteiger partial charge in [0.25, 0.3) is 0 Å². The van der Waals surface area contributed by atoms with Crippen LogP contribution < -0.4 is 40.4 Å². The molecule has 0 aliphatic carbocycles. The van der Waals surface area contributed by atoms with Gasteiger partial charge >= 0.3 is 35.5 Å². The average Bonchev–Trinajstić information content (AvgIpc) is 2.67. The Labute approximate surface area is 199 Å². The SMILES string of the molecule is CCCCCCCCCCCCCCCC(=O)COC(=O)CC[C@H](N)C(=O)[O-].[Na+]. The molecule has 0 rings (SSSR count). The predicted octanol–water partition coefficient (Wildman–Crippen LogP) is 0.441. The van der Waals surface area contributed by atoms with Gasteiger partial charge in [-0.3, -0.25) is 9.59 Å².